The molecule has 2 aromatic carbocycles. The molecule has 0 fully saturated rings. The predicted molar refractivity (Wildman–Crippen MR) is 112 cm³/mol. The number of hydrogen-bond acceptors (Lipinski definition) is 7. The summed E-state index contributed by atoms with van der Waals surface area (Å²) in [6.45, 7) is 3.73. The highest BCUT2D eigenvalue weighted by atomic mass is 16.7. The van der Waals surface area contributed by atoms with E-state index in [4.69, 9.17) is 9.47 Å². The van der Waals surface area contributed by atoms with Crippen molar-refractivity contribution in [3.8, 4) is 22.6 Å². The van der Waals surface area contributed by atoms with E-state index in [1.54, 1.807) is 23.7 Å². The van der Waals surface area contributed by atoms with Crippen molar-refractivity contribution in [3.05, 3.63) is 66.6 Å². The first-order chi connectivity index (χ1) is 14.6. The first-order valence-electron chi connectivity index (χ1n) is 9.40. The molecular weight excluding hydrogens is 384 g/mol. The number of nitrogens with zero attached hydrogens (tertiary/aromatic N) is 3. The van der Waals surface area contributed by atoms with Gasteiger partial charge in [0.25, 0.3) is 0 Å². The fourth-order valence-electron chi connectivity index (χ4n) is 3.10. The van der Waals surface area contributed by atoms with Crippen molar-refractivity contribution in [2.45, 2.75) is 13.8 Å². The molecule has 0 aliphatic rings. The van der Waals surface area contributed by atoms with Gasteiger partial charge >= 0.3 is 6.16 Å². The molecule has 0 spiro atoms. The number of phenols is 1. The Hall–Kier alpha value is -4.07. The standard InChI is InChI=1S/C22H20N4O4/c1-3-29-22(28)30-18-12-26-20(19(18)15-7-5-4-6-8-15)21(23-13-24-26)25-16-10-9-14(2)17(27)11-16/h4-13,27H,3H2,1-2H3,(H,23,24,25). The molecule has 152 valence electrons. The van der Waals surface area contributed by atoms with Crippen LogP contribution in [0.2, 0.25) is 0 Å². The number of ether oxygens (including phenoxy) is 2. The van der Waals surface area contributed by atoms with Crippen LogP contribution in [0.4, 0.5) is 16.3 Å². The molecule has 0 bridgehead atoms. The van der Waals surface area contributed by atoms with Gasteiger partial charge < -0.3 is 19.9 Å². The molecule has 0 amide bonds. The Bertz CT molecular complexity index is 1200. The number of benzene rings is 2. The average Bonchev–Trinajstić information content (AvgIpc) is 3.10. The SMILES string of the molecule is CCOC(=O)Oc1cn2ncnc(Nc3ccc(C)c(O)c3)c2c1-c1ccccc1. The van der Waals surface area contributed by atoms with Crippen LogP contribution >= 0.6 is 0 Å². The summed E-state index contributed by atoms with van der Waals surface area (Å²) >= 11 is 0. The summed E-state index contributed by atoms with van der Waals surface area (Å²) in [7, 11) is 0. The predicted octanol–water partition coefficient (Wildman–Crippen LogP) is 4.69. The molecule has 0 aliphatic carbocycles. The molecule has 8 heteroatoms. The molecule has 4 rings (SSSR count). The van der Waals surface area contributed by atoms with Gasteiger partial charge in [0, 0.05) is 11.8 Å². The van der Waals surface area contributed by atoms with Gasteiger partial charge in [-0.1, -0.05) is 36.4 Å². The number of carbonyl (C=O) groups excluding carboxylic acids is 1. The number of anilines is 2. The quantitative estimate of drug-likeness (QED) is 0.466. The van der Waals surface area contributed by atoms with Crippen molar-refractivity contribution >= 4 is 23.2 Å². The third-order valence-electron chi connectivity index (χ3n) is 4.53. The summed E-state index contributed by atoms with van der Waals surface area (Å²) in [6, 6.07) is 14.8. The number of rotatable bonds is 5. The van der Waals surface area contributed by atoms with E-state index in [1.807, 2.05) is 49.4 Å². The molecule has 2 heterocycles. The van der Waals surface area contributed by atoms with Crippen LogP contribution < -0.4 is 10.1 Å². The Morgan fingerprint density at radius 2 is 2.00 bits per heavy atom. The van der Waals surface area contributed by atoms with Crippen LogP contribution in [0.5, 0.6) is 11.5 Å². The van der Waals surface area contributed by atoms with E-state index in [9.17, 15) is 9.90 Å². The van der Waals surface area contributed by atoms with E-state index < -0.39 is 6.16 Å². The number of carbonyl (C=O) groups is 1. The lowest BCUT2D eigenvalue weighted by atomic mass is 10.1. The van der Waals surface area contributed by atoms with Gasteiger partial charge in [0.2, 0.25) is 0 Å². The van der Waals surface area contributed by atoms with E-state index >= 15 is 0 Å². The minimum absolute atomic E-state index is 0.176. The van der Waals surface area contributed by atoms with E-state index in [0.29, 0.717) is 28.3 Å². The highest BCUT2D eigenvalue weighted by Gasteiger charge is 2.21. The Kier molecular flexibility index (Phi) is 5.21. The van der Waals surface area contributed by atoms with Crippen LogP contribution in [0.3, 0.4) is 0 Å². The van der Waals surface area contributed by atoms with Gasteiger partial charge in [0.15, 0.2) is 11.6 Å². The molecule has 8 nitrogen and oxygen atoms in total. The highest BCUT2D eigenvalue weighted by molar-refractivity contribution is 5.94. The fourth-order valence-corrected chi connectivity index (χ4v) is 3.10. The summed E-state index contributed by atoms with van der Waals surface area (Å²) in [5.74, 6) is 0.968. The van der Waals surface area contributed by atoms with Crippen molar-refractivity contribution in [2.75, 3.05) is 11.9 Å². The zero-order chi connectivity index (χ0) is 21.1. The van der Waals surface area contributed by atoms with Gasteiger partial charge in [-0.05, 0) is 31.0 Å². The highest BCUT2D eigenvalue weighted by Crippen LogP contribution is 2.39. The zero-order valence-corrected chi connectivity index (χ0v) is 16.5. The lowest BCUT2D eigenvalue weighted by Gasteiger charge is -2.11. The topological polar surface area (TPSA) is 98.0 Å². The largest absolute Gasteiger partial charge is 0.513 e. The summed E-state index contributed by atoms with van der Waals surface area (Å²) in [5, 5.41) is 17.5. The Morgan fingerprint density at radius 3 is 2.73 bits per heavy atom. The molecule has 4 aromatic rings. The Labute approximate surface area is 172 Å². The third-order valence-corrected chi connectivity index (χ3v) is 4.53. The lowest BCUT2D eigenvalue weighted by Crippen LogP contribution is -2.10. The van der Waals surface area contributed by atoms with Crippen LogP contribution in [-0.4, -0.2) is 32.5 Å². The Morgan fingerprint density at radius 1 is 1.20 bits per heavy atom. The second-order valence-electron chi connectivity index (χ2n) is 6.55. The van der Waals surface area contributed by atoms with Gasteiger partial charge in [0.1, 0.15) is 17.6 Å². The Balaban J connectivity index is 1.86. The van der Waals surface area contributed by atoms with E-state index in [-0.39, 0.29) is 12.4 Å². The minimum Gasteiger partial charge on any atom is -0.508 e. The number of aromatic nitrogens is 3. The number of hydrogen-bond donors (Lipinski definition) is 2. The van der Waals surface area contributed by atoms with E-state index in [0.717, 1.165) is 11.1 Å². The van der Waals surface area contributed by atoms with Crippen LogP contribution in [0.15, 0.2) is 61.1 Å². The monoisotopic (exact) mass is 404 g/mol. The average molecular weight is 404 g/mol. The molecule has 0 atom stereocenters. The van der Waals surface area contributed by atoms with Gasteiger partial charge in [-0.2, -0.15) is 5.10 Å². The van der Waals surface area contributed by atoms with Crippen molar-refractivity contribution < 1.29 is 19.4 Å². The summed E-state index contributed by atoms with van der Waals surface area (Å²) in [5.41, 5.74) is 3.51. The van der Waals surface area contributed by atoms with Gasteiger partial charge in [-0.3, -0.25) is 0 Å². The molecule has 2 N–H and O–H groups in total. The van der Waals surface area contributed by atoms with Crippen molar-refractivity contribution in [2.24, 2.45) is 0 Å². The summed E-state index contributed by atoms with van der Waals surface area (Å²) in [4.78, 5) is 16.4. The maximum atomic E-state index is 12.0. The zero-order valence-electron chi connectivity index (χ0n) is 16.5. The first-order valence-corrected chi connectivity index (χ1v) is 9.40. The summed E-state index contributed by atoms with van der Waals surface area (Å²) in [6.07, 6.45) is 2.21. The van der Waals surface area contributed by atoms with Crippen molar-refractivity contribution in [1.82, 2.24) is 14.6 Å². The van der Waals surface area contributed by atoms with Crippen LogP contribution in [-0.2, 0) is 4.74 Å². The normalized spacial score (nSPS) is 10.7. The second kappa shape index (κ2) is 8.12. The minimum atomic E-state index is -0.795. The molecule has 0 aliphatic heterocycles. The molecule has 0 saturated carbocycles. The first kappa shape index (κ1) is 19.3. The van der Waals surface area contributed by atoms with E-state index in [1.165, 1.54) is 6.33 Å². The second-order valence-corrected chi connectivity index (χ2v) is 6.55. The molecule has 0 saturated heterocycles. The third kappa shape index (κ3) is 3.75. The number of fused-ring (bicyclic) bond motifs is 1. The number of nitrogens with one attached hydrogen (secondary N) is 1. The number of phenolic OH excluding ortho intramolecular Hbond substituents is 1. The molecular formula is C22H20N4O4. The van der Waals surface area contributed by atoms with E-state index in [2.05, 4.69) is 15.4 Å². The van der Waals surface area contributed by atoms with Gasteiger partial charge in [-0.25, -0.2) is 14.3 Å². The van der Waals surface area contributed by atoms with Crippen molar-refractivity contribution in [3.63, 3.8) is 0 Å². The molecule has 0 unspecified atom stereocenters. The van der Waals surface area contributed by atoms with Gasteiger partial charge in [0.05, 0.1) is 18.4 Å². The smallest absolute Gasteiger partial charge is 0.508 e. The lowest BCUT2D eigenvalue weighted by molar-refractivity contribution is 0.104. The van der Waals surface area contributed by atoms with Crippen LogP contribution in [0.25, 0.3) is 16.6 Å². The molecule has 0 radical (unpaired) electrons. The summed E-state index contributed by atoms with van der Waals surface area (Å²) < 4.78 is 12.0. The molecule has 2 aromatic heterocycles. The molecule has 30 heavy (non-hydrogen) atoms. The van der Waals surface area contributed by atoms with Crippen molar-refractivity contribution in [1.29, 1.82) is 0 Å². The maximum Gasteiger partial charge on any atom is 0.513 e. The van der Waals surface area contributed by atoms with Crippen LogP contribution in [0, 0.1) is 6.92 Å². The maximum absolute atomic E-state index is 12.0. The number of aromatic hydroxyl groups is 1. The fraction of sp³-hybridized carbons (Fsp3) is 0.136. The van der Waals surface area contributed by atoms with Gasteiger partial charge in [-0.15, -0.1) is 0 Å². The van der Waals surface area contributed by atoms with Crippen LogP contribution in [0.1, 0.15) is 12.5 Å². The number of aryl methyl sites for hydroxylation is 1.